The van der Waals surface area contributed by atoms with Crippen LogP contribution in [0.1, 0.15) is 50.9 Å². The van der Waals surface area contributed by atoms with Crippen LogP contribution < -0.4 is 16.0 Å². The number of aliphatic hydroxyl groups is 1. The number of ether oxygens (including phenoxy) is 1. The second-order valence-corrected chi connectivity index (χ2v) is 10.1. The lowest BCUT2D eigenvalue weighted by atomic mass is 10.1. The van der Waals surface area contributed by atoms with Gasteiger partial charge in [-0.2, -0.15) is 0 Å². The first-order chi connectivity index (χ1) is 16.1. The maximum absolute atomic E-state index is 14.6. The standard InChI is InChI=1S/C24H31FIN5O3/c1-5-19-21(31-14-16(26)7-9-20(31)30-19)22(32)29-13-15-6-8-17(12-18(15)25)27-10-11-28-23(33)34-24(2,3)4/h6-9,12,14,22,27,29,32H,5,10-11,13H2,1-4H3,(H,28,33). The Labute approximate surface area is 212 Å². The molecule has 0 radical (unpaired) electrons. The van der Waals surface area contributed by atoms with Gasteiger partial charge in [0.2, 0.25) is 0 Å². The number of rotatable bonds is 9. The van der Waals surface area contributed by atoms with Gasteiger partial charge >= 0.3 is 6.09 Å². The molecule has 1 aromatic carbocycles. The molecule has 1 unspecified atom stereocenters. The second kappa shape index (κ2) is 11.3. The van der Waals surface area contributed by atoms with Crippen LogP contribution in [0, 0.1) is 9.39 Å². The molecule has 0 saturated carbocycles. The summed E-state index contributed by atoms with van der Waals surface area (Å²) < 4.78 is 22.7. The Hall–Kier alpha value is -2.44. The largest absolute Gasteiger partial charge is 0.444 e. The maximum Gasteiger partial charge on any atom is 0.407 e. The third-order valence-electron chi connectivity index (χ3n) is 4.95. The summed E-state index contributed by atoms with van der Waals surface area (Å²) in [7, 11) is 0. The molecule has 8 nitrogen and oxygen atoms in total. The fraction of sp³-hybridized carbons (Fsp3) is 0.417. The van der Waals surface area contributed by atoms with Crippen molar-refractivity contribution in [1.82, 2.24) is 20.0 Å². The van der Waals surface area contributed by atoms with Gasteiger partial charge in [-0.1, -0.05) is 13.0 Å². The van der Waals surface area contributed by atoms with Crippen LogP contribution >= 0.6 is 22.6 Å². The highest BCUT2D eigenvalue weighted by Gasteiger charge is 2.19. The summed E-state index contributed by atoms with van der Waals surface area (Å²) in [5.74, 6) is -0.395. The fourth-order valence-electron chi connectivity index (χ4n) is 3.42. The lowest BCUT2D eigenvalue weighted by Crippen LogP contribution is -2.35. The number of carbonyl (C=O) groups is 1. The summed E-state index contributed by atoms with van der Waals surface area (Å²) in [6.07, 6.45) is 1.09. The SMILES string of the molecule is CCc1nc2ccc(I)cn2c1C(O)NCc1ccc(NCCNC(=O)OC(C)(C)C)cc1F. The average molecular weight is 583 g/mol. The van der Waals surface area contributed by atoms with E-state index in [0.717, 1.165) is 14.9 Å². The van der Waals surface area contributed by atoms with Gasteiger partial charge in [-0.25, -0.2) is 14.2 Å². The van der Waals surface area contributed by atoms with Crippen molar-refractivity contribution in [2.75, 3.05) is 18.4 Å². The molecule has 184 valence electrons. The molecule has 2 aromatic heterocycles. The van der Waals surface area contributed by atoms with Crippen molar-refractivity contribution in [2.24, 2.45) is 0 Å². The zero-order valence-electron chi connectivity index (χ0n) is 19.8. The second-order valence-electron chi connectivity index (χ2n) is 8.82. The number of aliphatic hydroxyl groups excluding tert-OH is 1. The third kappa shape index (κ3) is 7.03. The van der Waals surface area contributed by atoms with Crippen LogP contribution in [0.2, 0.25) is 0 Å². The minimum Gasteiger partial charge on any atom is -0.444 e. The molecule has 1 atom stereocenters. The molecule has 4 N–H and O–H groups in total. The molecule has 3 aromatic rings. The number of imidazole rings is 1. The summed E-state index contributed by atoms with van der Waals surface area (Å²) in [5, 5.41) is 19.5. The minimum absolute atomic E-state index is 0.147. The number of hydrogen-bond acceptors (Lipinski definition) is 6. The maximum atomic E-state index is 14.6. The molecule has 0 saturated heterocycles. The highest BCUT2D eigenvalue weighted by atomic mass is 127. The predicted molar refractivity (Wildman–Crippen MR) is 138 cm³/mol. The Morgan fingerprint density at radius 2 is 2.03 bits per heavy atom. The average Bonchev–Trinajstić information content (AvgIpc) is 3.12. The number of aryl methyl sites for hydroxylation is 1. The van der Waals surface area contributed by atoms with E-state index in [1.54, 1.807) is 32.9 Å². The van der Waals surface area contributed by atoms with Crippen LogP contribution in [0.3, 0.4) is 0 Å². The number of halogens is 2. The Morgan fingerprint density at radius 1 is 1.26 bits per heavy atom. The number of amides is 1. The molecule has 0 spiro atoms. The van der Waals surface area contributed by atoms with Gasteiger partial charge in [0.1, 0.15) is 23.3 Å². The van der Waals surface area contributed by atoms with Gasteiger partial charge in [0.25, 0.3) is 0 Å². The van der Waals surface area contributed by atoms with Crippen molar-refractivity contribution >= 4 is 40.0 Å². The van der Waals surface area contributed by atoms with Gasteiger partial charge in [0, 0.05) is 40.7 Å². The van der Waals surface area contributed by atoms with E-state index < -0.39 is 23.7 Å². The number of pyridine rings is 1. The van der Waals surface area contributed by atoms with Gasteiger partial charge in [-0.05, 0) is 74.0 Å². The quantitative estimate of drug-likeness (QED) is 0.170. The van der Waals surface area contributed by atoms with E-state index in [-0.39, 0.29) is 6.54 Å². The van der Waals surface area contributed by atoms with Crippen LogP contribution in [0.15, 0.2) is 36.5 Å². The number of carbonyl (C=O) groups excluding carboxylic acids is 1. The number of aromatic nitrogens is 2. The van der Waals surface area contributed by atoms with Gasteiger partial charge in [0.15, 0.2) is 0 Å². The van der Waals surface area contributed by atoms with Crippen LogP contribution in [-0.2, 0) is 17.7 Å². The van der Waals surface area contributed by atoms with E-state index in [2.05, 4.69) is 43.5 Å². The third-order valence-corrected chi connectivity index (χ3v) is 5.59. The van der Waals surface area contributed by atoms with Crippen molar-refractivity contribution in [2.45, 2.75) is 52.5 Å². The van der Waals surface area contributed by atoms with Crippen molar-refractivity contribution < 1.29 is 19.0 Å². The molecular formula is C24H31FIN5O3. The zero-order chi connectivity index (χ0) is 24.9. The van der Waals surface area contributed by atoms with E-state index in [1.165, 1.54) is 6.07 Å². The van der Waals surface area contributed by atoms with Gasteiger partial charge in [-0.15, -0.1) is 0 Å². The Morgan fingerprint density at radius 3 is 2.71 bits per heavy atom. The van der Waals surface area contributed by atoms with E-state index in [9.17, 15) is 14.3 Å². The van der Waals surface area contributed by atoms with E-state index in [4.69, 9.17) is 4.74 Å². The molecule has 3 rings (SSSR count). The van der Waals surface area contributed by atoms with Gasteiger partial charge < -0.3 is 20.5 Å². The highest BCUT2D eigenvalue weighted by Crippen LogP contribution is 2.22. The molecule has 0 aliphatic rings. The highest BCUT2D eigenvalue weighted by molar-refractivity contribution is 14.1. The molecule has 0 fully saturated rings. The first-order valence-electron chi connectivity index (χ1n) is 11.1. The summed E-state index contributed by atoms with van der Waals surface area (Å²) in [6, 6.07) is 8.69. The fourth-order valence-corrected chi connectivity index (χ4v) is 3.88. The van der Waals surface area contributed by atoms with Crippen LogP contribution in [0.25, 0.3) is 5.65 Å². The lowest BCUT2D eigenvalue weighted by molar-refractivity contribution is 0.0530. The van der Waals surface area contributed by atoms with E-state index in [0.29, 0.717) is 36.5 Å². The number of fused-ring (bicyclic) bond motifs is 1. The molecule has 2 heterocycles. The Kier molecular flexibility index (Phi) is 8.72. The normalized spacial score (nSPS) is 12.6. The van der Waals surface area contributed by atoms with Crippen molar-refractivity contribution in [3.63, 3.8) is 0 Å². The zero-order valence-corrected chi connectivity index (χ0v) is 21.9. The lowest BCUT2D eigenvalue weighted by Gasteiger charge is -2.19. The molecule has 0 aliphatic heterocycles. The van der Waals surface area contributed by atoms with Crippen LogP contribution in [-0.4, -0.2) is 39.3 Å². The smallest absolute Gasteiger partial charge is 0.407 e. The van der Waals surface area contributed by atoms with Crippen LogP contribution in [0.4, 0.5) is 14.9 Å². The molecule has 34 heavy (non-hydrogen) atoms. The van der Waals surface area contributed by atoms with Gasteiger partial charge in [0.05, 0.1) is 11.4 Å². The molecule has 0 bridgehead atoms. The Balaban J connectivity index is 1.56. The molecule has 1 amide bonds. The minimum atomic E-state index is -1.00. The van der Waals surface area contributed by atoms with Crippen LogP contribution in [0.5, 0.6) is 0 Å². The number of anilines is 1. The number of alkyl carbamates (subject to hydrolysis) is 1. The van der Waals surface area contributed by atoms with E-state index >= 15 is 0 Å². The van der Waals surface area contributed by atoms with E-state index in [1.807, 2.05) is 29.7 Å². The number of nitrogens with one attached hydrogen (secondary N) is 3. The number of benzene rings is 1. The van der Waals surface area contributed by atoms with Crippen molar-refractivity contribution in [1.29, 1.82) is 0 Å². The summed E-state index contributed by atoms with van der Waals surface area (Å²) in [6.45, 7) is 8.27. The Bertz CT molecular complexity index is 1150. The summed E-state index contributed by atoms with van der Waals surface area (Å²) in [5.41, 5.74) is 2.68. The van der Waals surface area contributed by atoms with Crippen molar-refractivity contribution in [3.05, 3.63) is 62.9 Å². The summed E-state index contributed by atoms with van der Waals surface area (Å²) >= 11 is 2.21. The molecule has 10 heteroatoms. The molecule has 0 aliphatic carbocycles. The topological polar surface area (TPSA) is 99.9 Å². The summed E-state index contributed by atoms with van der Waals surface area (Å²) in [4.78, 5) is 16.2. The predicted octanol–water partition coefficient (Wildman–Crippen LogP) is 4.36. The van der Waals surface area contributed by atoms with Crippen molar-refractivity contribution in [3.8, 4) is 0 Å². The number of hydrogen-bond donors (Lipinski definition) is 4. The first-order valence-corrected chi connectivity index (χ1v) is 12.2. The number of nitrogens with zero attached hydrogens (tertiary/aromatic N) is 2. The molecular weight excluding hydrogens is 552 g/mol. The first kappa shape index (κ1) is 26.2. The van der Waals surface area contributed by atoms with Gasteiger partial charge in [-0.3, -0.25) is 9.72 Å². The monoisotopic (exact) mass is 583 g/mol.